The standard InChI is InChI=1S/C20H26N4O/c25-20-19-6-4-13-24(19)18-8-7-16(14-17(18)22-20)15-21-9-5-12-23-10-2-1-3-11-23/h4,6-8,13-14,21H,1-3,5,9-12,15H2,(H,22,25). The van der Waals surface area contributed by atoms with Crippen molar-refractivity contribution < 1.29 is 0 Å². The summed E-state index contributed by atoms with van der Waals surface area (Å²) in [6.07, 6.45) is 7.24. The molecule has 2 aromatic heterocycles. The van der Waals surface area contributed by atoms with Gasteiger partial charge in [0.05, 0.1) is 11.0 Å². The highest BCUT2D eigenvalue weighted by Crippen LogP contribution is 2.15. The van der Waals surface area contributed by atoms with Crippen molar-refractivity contribution >= 4 is 16.6 Å². The predicted molar refractivity (Wildman–Crippen MR) is 102 cm³/mol. The van der Waals surface area contributed by atoms with Gasteiger partial charge in [-0.15, -0.1) is 0 Å². The van der Waals surface area contributed by atoms with Crippen LogP contribution in [-0.2, 0) is 6.54 Å². The zero-order chi connectivity index (χ0) is 17.1. The number of aromatic amines is 1. The van der Waals surface area contributed by atoms with Gasteiger partial charge in [-0.1, -0.05) is 12.5 Å². The van der Waals surface area contributed by atoms with Crippen LogP contribution < -0.4 is 10.9 Å². The van der Waals surface area contributed by atoms with Gasteiger partial charge in [0.15, 0.2) is 0 Å². The summed E-state index contributed by atoms with van der Waals surface area (Å²) in [7, 11) is 0. The van der Waals surface area contributed by atoms with E-state index >= 15 is 0 Å². The molecule has 2 N–H and O–H groups in total. The van der Waals surface area contributed by atoms with Crippen molar-refractivity contribution in [2.24, 2.45) is 0 Å². The number of rotatable bonds is 6. The number of piperidine rings is 1. The Morgan fingerprint density at radius 1 is 1.08 bits per heavy atom. The Hall–Kier alpha value is -2.11. The van der Waals surface area contributed by atoms with Crippen molar-refractivity contribution in [2.45, 2.75) is 32.2 Å². The molecule has 132 valence electrons. The fourth-order valence-electron chi connectivity index (χ4n) is 3.81. The summed E-state index contributed by atoms with van der Waals surface area (Å²) in [4.78, 5) is 17.7. The summed E-state index contributed by atoms with van der Waals surface area (Å²) in [5.41, 5.74) is 3.78. The number of nitrogens with zero attached hydrogens (tertiary/aromatic N) is 2. The highest BCUT2D eigenvalue weighted by Gasteiger charge is 2.09. The van der Waals surface area contributed by atoms with Gasteiger partial charge >= 0.3 is 0 Å². The number of fused-ring (bicyclic) bond motifs is 3. The first-order chi connectivity index (χ1) is 12.3. The largest absolute Gasteiger partial charge is 0.319 e. The van der Waals surface area contributed by atoms with E-state index in [-0.39, 0.29) is 5.56 Å². The molecule has 1 fully saturated rings. The van der Waals surface area contributed by atoms with Crippen molar-refractivity contribution in [1.29, 1.82) is 0 Å². The third-order valence-corrected chi connectivity index (χ3v) is 5.16. The molecule has 3 aromatic rings. The Labute approximate surface area is 147 Å². The number of H-pyrrole nitrogens is 1. The summed E-state index contributed by atoms with van der Waals surface area (Å²) in [5.74, 6) is 0. The number of hydrogen-bond donors (Lipinski definition) is 2. The zero-order valence-electron chi connectivity index (χ0n) is 14.6. The summed E-state index contributed by atoms with van der Waals surface area (Å²) < 4.78 is 1.95. The van der Waals surface area contributed by atoms with E-state index in [9.17, 15) is 4.79 Å². The van der Waals surface area contributed by atoms with Crippen LogP contribution in [0.1, 0.15) is 31.2 Å². The van der Waals surface area contributed by atoms with E-state index in [1.165, 1.54) is 50.9 Å². The molecule has 0 unspecified atom stereocenters. The Kier molecular flexibility index (Phi) is 4.85. The van der Waals surface area contributed by atoms with E-state index < -0.39 is 0 Å². The maximum atomic E-state index is 12.1. The molecular formula is C20H26N4O. The smallest absolute Gasteiger partial charge is 0.272 e. The molecule has 0 radical (unpaired) electrons. The highest BCUT2D eigenvalue weighted by molar-refractivity contribution is 5.78. The molecule has 1 aliphatic rings. The van der Waals surface area contributed by atoms with Crippen LogP contribution in [0.4, 0.5) is 0 Å². The molecule has 0 spiro atoms. The second kappa shape index (κ2) is 7.42. The molecule has 0 amide bonds. The Morgan fingerprint density at radius 2 is 1.96 bits per heavy atom. The number of likely N-dealkylation sites (tertiary alicyclic amines) is 1. The first-order valence-electron chi connectivity index (χ1n) is 9.36. The van der Waals surface area contributed by atoms with Crippen LogP contribution >= 0.6 is 0 Å². The van der Waals surface area contributed by atoms with Crippen molar-refractivity contribution in [3.63, 3.8) is 0 Å². The monoisotopic (exact) mass is 338 g/mol. The molecule has 3 heterocycles. The van der Waals surface area contributed by atoms with Gasteiger partial charge in [-0.2, -0.15) is 0 Å². The maximum Gasteiger partial charge on any atom is 0.272 e. The molecule has 25 heavy (non-hydrogen) atoms. The Balaban J connectivity index is 1.35. The molecule has 0 aliphatic carbocycles. The van der Waals surface area contributed by atoms with Crippen LogP contribution in [0.2, 0.25) is 0 Å². The number of aromatic nitrogens is 2. The van der Waals surface area contributed by atoms with Crippen LogP contribution in [0.25, 0.3) is 16.6 Å². The van der Waals surface area contributed by atoms with E-state index in [2.05, 4.69) is 33.4 Å². The fourth-order valence-corrected chi connectivity index (χ4v) is 3.81. The lowest BCUT2D eigenvalue weighted by Crippen LogP contribution is -2.32. The normalized spacial score (nSPS) is 16.0. The summed E-state index contributed by atoms with van der Waals surface area (Å²) in [5, 5.41) is 3.53. The lowest BCUT2D eigenvalue weighted by molar-refractivity contribution is 0.225. The van der Waals surface area contributed by atoms with Gasteiger partial charge in [-0.25, -0.2) is 0 Å². The summed E-state index contributed by atoms with van der Waals surface area (Å²) in [6, 6.07) is 10.0. The molecular weight excluding hydrogens is 312 g/mol. The van der Waals surface area contributed by atoms with E-state index in [1.807, 2.05) is 22.7 Å². The first kappa shape index (κ1) is 16.4. The minimum absolute atomic E-state index is 0.0378. The maximum absolute atomic E-state index is 12.1. The molecule has 1 saturated heterocycles. The number of benzene rings is 1. The minimum atomic E-state index is -0.0378. The van der Waals surface area contributed by atoms with Gasteiger partial charge in [0, 0.05) is 12.7 Å². The highest BCUT2D eigenvalue weighted by atomic mass is 16.1. The van der Waals surface area contributed by atoms with Crippen molar-refractivity contribution in [1.82, 2.24) is 19.6 Å². The molecule has 4 rings (SSSR count). The van der Waals surface area contributed by atoms with Crippen molar-refractivity contribution in [3.8, 4) is 0 Å². The molecule has 1 aliphatic heterocycles. The van der Waals surface area contributed by atoms with Gasteiger partial charge < -0.3 is 19.6 Å². The molecule has 1 aromatic carbocycles. The van der Waals surface area contributed by atoms with Crippen LogP contribution in [0.15, 0.2) is 41.3 Å². The SMILES string of the molecule is O=c1[nH]c2cc(CNCCCN3CCCCC3)ccc2n2cccc12. The Bertz CT molecular complexity index is 905. The van der Waals surface area contributed by atoms with Crippen LogP contribution in [0.5, 0.6) is 0 Å². The van der Waals surface area contributed by atoms with Gasteiger partial charge in [-0.05, 0) is 75.3 Å². The van der Waals surface area contributed by atoms with Gasteiger partial charge in [0.25, 0.3) is 5.56 Å². The zero-order valence-corrected chi connectivity index (χ0v) is 14.6. The molecule has 0 atom stereocenters. The second-order valence-electron chi connectivity index (χ2n) is 7.00. The lowest BCUT2D eigenvalue weighted by atomic mass is 10.1. The van der Waals surface area contributed by atoms with Crippen LogP contribution in [0.3, 0.4) is 0 Å². The first-order valence-corrected chi connectivity index (χ1v) is 9.36. The average molecular weight is 338 g/mol. The van der Waals surface area contributed by atoms with Gasteiger partial charge in [-0.3, -0.25) is 4.79 Å². The summed E-state index contributed by atoms with van der Waals surface area (Å²) >= 11 is 0. The third kappa shape index (κ3) is 3.62. The van der Waals surface area contributed by atoms with Gasteiger partial charge in [0.1, 0.15) is 5.52 Å². The second-order valence-corrected chi connectivity index (χ2v) is 7.00. The van der Waals surface area contributed by atoms with E-state index in [0.29, 0.717) is 5.52 Å². The van der Waals surface area contributed by atoms with Crippen LogP contribution in [-0.4, -0.2) is 40.5 Å². The average Bonchev–Trinajstić information content (AvgIpc) is 3.13. The molecule has 5 heteroatoms. The van der Waals surface area contributed by atoms with E-state index in [1.54, 1.807) is 0 Å². The van der Waals surface area contributed by atoms with Crippen molar-refractivity contribution in [2.75, 3.05) is 26.2 Å². The molecule has 0 saturated carbocycles. The van der Waals surface area contributed by atoms with E-state index in [0.717, 1.165) is 24.1 Å². The summed E-state index contributed by atoms with van der Waals surface area (Å²) in [6.45, 7) is 5.60. The van der Waals surface area contributed by atoms with E-state index in [4.69, 9.17) is 0 Å². The fraction of sp³-hybridized carbons (Fsp3) is 0.450. The predicted octanol–water partition coefficient (Wildman–Crippen LogP) is 2.75. The van der Waals surface area contributed by atoms with Gasteiger partial charge in [0.2, 0.25) is 0 Å². The van der Waals surface area contributed by atoms with Crippen LogP contribution in [0, 0.1) is 0 Å². The third-order valence-electron chi connectivity index (χ3n) is 5.16. The lowest BCUT2D eigenvalue weighted by Gasteiger charge is -2.26. The topological polar surface area (TPSA) is 52.5 Å². The van der Waals surface area contributed by atoms with Crippen molar-refractivity contribution in [3.05, 3.63) is 52.4 Å². The molecule has 0 bridgehead atoms. The quantitative estimate of drug-likeness (QED) is 0.680. The number of nitrogens with one attached hydrogen (secondary N) is 2. The Morgan fingerprint density at radius 3 is 2.84 bits per heavy atom. The minimum Gasteiger partial charge on any atom is -0.319 e. The molecule has 5 nitrogen and oxygen atoms in total. The number of hydrogen-bond acceptors (Lipinski definition) is 3.